The summed E-state index contributed by atoms with van der Waals surface area (Å²) in [6.07, 6.45) is -5.37. The van der Waals surface area contributed by atoms with E-state index in [0.717, 1.165) is 18.4 Å². The van der Waals surface area contributed by atoms with Gasteiger partial charge < -0.3 is 10.4 Å². The summed E-state index contributed by atoms with van der Waals surface area (Å²) in [6, 6.07) is 7.51. The van der Waals surface area contributed by atoms with Crippen molar-refractivity contribution in [2.24, 2.45) is 0 Å². The van der Waals surface area contributed by atoms with Crippen molar-refractivity contribution >= 4 is 11.6 Å². The zero-order chi connectivity index (χ0) is 14.0. The molecule has 1 atom stereocenters. The Kier molecular flexibility index (Phi) is 4.38. The van der Waals surface area contributed by atoms with E-state index >= 15 is 0 Å². The van der Waals surface area contributed by atoms with Gasteiger partial charge >= 0.3 is 6.18 Å². The number of nitrogens with one attached hydrogen (secondary N) is 1. The lowest BCUT2D eigenvalue weighted by Gasteiger charge is -2.37. The maximum Gasteiger partial charge on any atom is 0.415 e. The molecule has 1 aliphatic carbocycles. The Balaban J connectivity index is 1.77. The van der Waals surface area contributed by atoms with Crippen LogP contribution < -0.4 is 5.32 Å². The molecule has 0 aromatic heterocycles. The fourth-order valence-electron chi connectivity index (χ4n) is 2.24. The number of rotatable bonds is 4. The van der Waals surface area contributed by atoms with Gasteiger partial charge in [-0.3, -0.25) is 0 Å². The Labute approximate surface area is 114 Å². The van der Waals surface area contributed by atoms with Gasteiger partial charge in [0.15, 0.2) is 6.10 Å². The van der Waals surface area contributed by atoms with Gasteiger partial charge in [0.2, 0.25) is 0 Å². The monoisotopic (exact) mass is 293 g/mol. The van der Waals surface area contributed by atoms with E-state index in [4.69, 9.17) is 16.7 Å². The first-order valence-electron chi connectivity index (χ1n) is 6.10. The highest BCUT2D eigenvalue weighted by Crippen LogP contribution is 2.39. The maximum atomic E-state index is 12.1. The van der Waals surface area contributed by atoms with Crippen molar-refractivity contribution in [3.8, 4) is 0 Å². The van der Waals surface area contributed by atoms with Crippen LogP contribution in [0.1, 0.15) is 24.3 Å². The van der Waals surface area contributed by atoms with Gasteiger partial charge in [0.1, 0.15) is 0 Å². The minimum absolute atomic E-state index is 0.0123. The van der Waals surface area contributed by atoms with Gasteiger partial charge in [0, 0.05) is 17.6 Å². The van der Waals surface area contributed by atoms with Crippen LogP contribution in [-0.4, -0.2) is 30.0 Å². The molecule has 1 aromatic rings. The number of aliphatic hydroxyl groups excluding tert-OH is 1. The molecular formula is C13H15ClF3NO. The average molecular weight is 294 g/mol. The highest BCUT2D eigenvalue weighted by atomic mass is 35.5. The Bertz CT molecular complexity index is 432. The van der Waals surface area contributed by atoms with Gasteiger partial charge in [-0.2, -0.15) is 13.2 Å². The molecule has 0 heterocycles. The molecule has 1 unspecified atom stereocenters. The first kappa shape index (κ1) is 14.6. The van der Waals surface area contributed by atoms with Crippen LogP contribution in [-0.2, 0) is 0 Å². The molecule has 0 bridgehead atoms. The van der Waals surface area contributed by atoms with Crippen molar-refractivity contribution in [2.45, 2.75) is 37.1 Å². The van der Waals surface area contributed by atoms with Crippen molar-refractivity contribution in [3.63, 3.8) is 0 Å². The van der Waals surface area contributed by atoms with Crippen molar-refractivity contribution < 1.29 is 18.3 Å². The van der Waals surface area contributed by atoms with Gasteiger partial charge in [-0.25, -0.2) is 0 Å². The Morgan fingerprint density at radius 1 is 1.32 bits per heavy atom. The minimum atomic E-state index is -4.56. The van der Waals surface area contributed by atoms with Gasteiger partial charge in [-0.15, -0.1) is 0 Å². The third-order valence-electron chi connectivity index (χ3n) is 3.46. The summed E-state index contributed by atoms with van der Waals surface area (Å²) in [7, 11) is 0. The molecule has 1 fully saturated rings. The molecule has 0 spiro atoms. The molecule has 2 nitrogen and oxygen atoms in total. The fourth-order valence-corrected chi connectivity index (χ4v) is 2.53. The van der Waals surface area contributed by atoms with Crippen LogP contribution in [0, 0.1) is 0 Å². The molecule has 6 heteroatoms. The molecular weight excluding hydrogens is 279 g/mol. The van der Waals surface area contributed by atoms with Crippen molar-refractivity contribution in [1.82, 2.24) is 5.32 Å². The zero-order valence-electron chi connectivity index (χ0n) is 10.1. The van der Waals surface area contributed by atoms with E-state index in [1.807, 2.05) is 24.3 Å². The van der Waals surface area contributed by atoms with Crippen molar-refractivity contribution in [3.05, 3.63) is 34.9 Å². The second-order valence-corrected chi connectivity index (χ2v) is 5.26. The molecule has 106 valence electrons. The molecule has 0 amide bonds. The third kappa shape index (κ3) is 3.61. The zero-order valence-corrected chi connectivity index (χ0v) is 10.9. The van der Waals surface area contributed by atoms with Crippen LogP contribution in [0.2, 0.25) is 5.02 Å². The smallest absolute Gasteiger partial charge is 0.382 e. The van der Waals surface area contributed by atoms with Gasteiger partial charge in [-0.1, -0.05) is 29.8 Å². The van der Waals surface area contributed by atoms with Gasteiger partial charge in [-0.05, 0) is 30.4 Å². The van der Waals surface area contributed by atoms with E-state index in [-0.39, 0.29) is 12.0 Å². The van der Waals surface area contributed by atoms with Crippen LogP contribution in [0.5, 0.6) is 0 Å². The van der Waals surface area contributed by atoms with E-state index in [1.165, 1.54) is 0 Å². The van der Waals surface area contributed by atoms with Crippen LogP contribution in [0.25, 0.3) is 0 Å². The standard InChI is InChI=1S/C13H15ClF3NO/c14-11-4-2-1-3-10(11)8-5-9(6-8)18-7-12(19)13(15,16)17/h1-4,8-9,12,18-19H,5-7H2. The molecule has 1 aliphatic rings. The van der Waals surface area contributed by atoms with E-state index in [9.17, 15) is 13.2 Å². The lowest BCUT2D eigenvalue weighted by molar-refractivity contribution is -0.202. The largest absolute Gasteiger partial charge is 0.415 e. The van der Waals surface area contributed by atoms with E-state index in [1.54, 1.807) is 0 Å². The molecule has 19 heavy (non-hydrogen) atoms. The average Bonchev–Trinajstić information content (AvgIpc) is 2.27. The molecule has 2 N–H and O–H groups in total. The first-order chi connectivity index (χ1) is 8.88. The fraction of sp³-hybridized carbons (Fsp3) is 0.538. The van der Waals surface area contributed by atoms with Crippen LogP contribution in [0.3, 0.4) is 0 Å². The van der Waals surface area contributed by atoms with Crippen LogP contribution in [0.15, 0.2) is 24.3 Å². The number of hydrogen-bond donors (Lipinski definition) is 2. The summed E-state index contributed by atoms with van der Waals surface area (Å²) in [5, 5.41) is 12.3. The predicted molar refractivity (Wildman–Crippen MR) is 67.3 cm³/mol. The lowest BCUT2D eigenvalue weighted by Crippen LogP contribution is -2.46. The summed E-state index contributed by atoms with van der Waals surface area (Å²) in [5.74, 6) is 0.286. The molecule has 1 saturated carbocycles. The van der Waals surface area contributed by atoms with E-state index < -0.39 is 18.8 Å². The first-order valence-corrected chi connectivity index (χ1v) is 6.48. The SMILES string of the molecule is OC(CNC1CC(c2ccccc2Cl)C1)C(F)(F)F. The second kappa shape index (κ2) is 5.69. The highest BCUT2D eigenvalue weighted by Gasteiger charge is 2.39. The maximum absolute atomic E-state index is 12.1. The molecule has 0 aliphatic heterocycles. The second-order valence-electron chi connectivity index (χ2n) is 4.85. The summed E-state index contributed by atoms with van der Waals surface area (Å²) in [4.78, 5) is 0. The summed E-state index contributed by atoms with van der Waals surface area (Å²) in [6.45, 7) is -0.455. The van der Waals surface area contributed by atoms with Crippen LogP contribution >= 0.6 is 11.6 Å². The van der Waals surface area contributed by atoms with Crippen LogP contribution in [0.4, 0.5) is 13.2 Å². The van der Waals surface area contributed by atoms with Gasteiger partial charge in [0.25, 0.3) is 0 Å². The number of hydrogen-bond acceptors (Lipinski definition) is 2. The Hall–Kier alpha value is -0.780. The van der Waals surface area contributed by atoms with Crippen molar-refractivity contribution in [2.75, 3.05) is 6.54 Å². The normalized spacial score (nSPS) is 24.9. The van der Waals surface area contributed by atoms with Gasteiger partial charge in [0.05, 0.1) is 0 Å². The number of aliphatic hydroxyl groups is 1. The van der Waals surface area contributed by atoms with Crippen molar-refractivity contribution in [1.29, 1.82) is 0 Å². The lowest BCUT2D eigenvalue weighted by atomic mass is 9.76. The van der Waals surface area contributed by atoms with E-state index in [0.29, 0.717) is 5.02 Å². The molecule has 0 saturated heterocycles. The molecule has 1 aromatic carbocycles. The highest BCUT2D eigenvalue weighted by molar-refractivity contribution is 6.31. The summed E-state index contributed by atoms with van der Waals surface area (Å²) in [5.41, 5.74) is 1.04. The Morgan fingerprint density at radius 2 is 1.95 bits per heavy atom. The predicted octanol–water partition coefficient (Wildman–Crippen LogP) is 3.10. The van der Waals surface area contributed by atoms with E-state index in [2.05, 4.69) is 5.32 Å². The minimum Gasteiger partial charge on any atom is -0.382 e. The Morgan fingerprint density at radius 3 is 2.53 bits per heavy atom. The topological polar surface area (TPSA) is 32.3 Å². The summed E-state index contributed by atoms with van der Waals surface area (Å²) >= 11 is 6.06. The number of halogens is 4. The number of benzene rings is 1. The third-order valence-corrected chi connectivity index (χ3v) is 3.81. The summed E-state index contributed by atoms with van der Waals surface area (Å²) < 4.78 is 36.3. The number of alkyl halides is 3. The molecule has 2 rings (SSSR count). The molecule has 0 radical (unpaired) electrons. The quantitative estimate of drug-likeness (QED) is 0.894.